The molecule has 0 N–H and O–H groups in total. The van der Waals surface area contributed by atoms with Crippen molar-refractivity contribution in [2.75, 3.05) is 26.2 Å². The van der Waals surface area contributed by atoms with Crippen LogP contribution in [-0.2, 0) is 0 Å². The summed E-state index contributed by atoms with van der Waals surface area (Å²) in [7, 11) is 0. The Bertz CT molecular complexity index is 924. The van der Waals surface area contributed by atoms with Gasteiger partial charge in [0.2, 0.25) is 0 Å². The van der Waals surface area contributed by atoms with E-state index in [4.69, 9.17) is 0 Å². The molecule has 2 saturated heterocycles. The van der Waals surface area contributed by atoms with E-state index in [1.807, 2.05) is 18.7 Å². The van der Waals surface area contributed by atoms with E-state index >= 15 is 0 Å². The number of amides is 2. The molecule has 2 aliphatic heterocycles. The van der Waals surface area contributed by atoms with Gasteiger partial charge in [0.1, 0.15) is 11.5 Å². The van der Waals surface area contributed by atoms with Gasteiger partial charge in [0, 0.05) is 44.5 Å². The van der Waals surface area contributed by atoms with Gasteiger partial charge in [-0.25, -0.2) is 15.0 Å². The molecule has 0 saturated carbocycles. The summed E-state index contributed by atoms with van der Waals surface area (Å²) in [6.07, 6.45) is 9.91. The smallest absolute Gasteiger partial charge is 0.274 e. The summed E-state index contributed by atoms with van der Waals surface area (Å²) in [5.41, 5.74) is 2.44. The molecular weight excluding hydrogens is 380 g/mol. The maximum Gasteiger partial charge on any atom is 0.274 e. The minimum absolute atomic E-state index is 0.0251. The Morgan fingerprint density at radius 2 is 1.63 bits per heavy atom. The van der Waals surface area contributed by atoms with E-state index < -0.39 is 0 Å². The Morgan fingerprint density at radius 3 is 2.33 bits per heavy atom. The molecule has 0 aromatic carbocycles. The Morgan fingerprint density at radius 1 is 0.867 bits per heavy atom. The summed E-state index contributed by atoms with van der Waals surface area (Å²) in [6.45, 7) is 6.57. The monoisotopic (exact) mass is 408 g/mol. The predicted octanol–water partition coefficient (Wildman–Crippen LogP) is 2.53. The summed E-state index contributed by atoms with van der Waals surface area (Å²) in [5, 5.41) is 0. The lowest BCUT2D eigenvalue weighted by Crippen LogP contribution is -2.40. The fourth-order valence-corrected chi connectivity index (χ4v) is 4.20. The maximum atomic E-state index is 12.8. The van der Waals surface area contributed by atoms with Crippen LogP contribution in [0.4, 0.5) is 0 Å². The van der Waals surface area contributed by atoms with Crippen LogP contribution in [0.25, 0.3) is 0 Å². The van der Waals surface area contributed by atoms with Crippen LogP contribution < -0.4 is 0 Å². The molecule has 2 aromatic heterocycles. The van der Waals surface area contributed by atoms with Crippen LogP contribution in [0.5, 0.6) is 0 Å². The molecule has 0 unspecified atom stereocenters. The first-order valence-corrected chi connectivity index (χ1v) is 10.7. The zero-order chi connectivity index (χ0) is 21.1. The van der Waals surface area contributed by atoms with Crippen LogP contribution in [0.15, 0.2) is 18.6 Å². The van der Waals surface area contributed by atoms with Gasteiger partial charge in [-0.2, -0.15) is 0 Å². The second-order valence-electron chi connectivity index (χ2n) is 8.21. The highest BCUT2D eigenvalue weighted by Crippen LogP contribution is 2.26. The van der Waals surface area contributed by atoms with Gasteiger partial charge in [-0.1, -0.05) is 0 Å². The fourth-order valence-electron chi connectivity index (χ4n) is 4.20. The van der Waals surface area contributed by atoms with E-state index in [9.17, 15) is 9.59 Å². The molecule has 8 heteroatoms. The number of piperidine rings is 2. The van der Waals surface area contributed by atoms with Crippen LogP contribution in [-0.4, -0.2) is 67.7 Å². The molecule has 0 bridgehead atoms. The van der Waals surface area contributed by atoms with Crippen LogP contribution >= 0.6 is 0 Å². The van der Waals surface area contributed by atoms with Crippen molar-refractivity contribution >= 4 is 11.8 Å². The summed E-state index contributed by atoms with van der Waals surface area (Å²) in [5.74, 6) is 0.673. The Balaban J connectivity index is 1.47. The first kappa shape index (κ1) is 20.4. The number of hydrogen-bond donors (Lipinski definition) is 0. The highest BCUT2D eigenvalue weighted by molar-refractivity contribution is 5.95. The van der Waals surface area contributed by atoms with Gasteiger partial charge < -0.3 is 9.80 Å². The van der Waals surface area contributed by atoms with Crippen molar-refractivity contribution in [3.8, 4) is 0 Å². The molecule has 0 aliphatic carbocycles. The molecule has 8 nitrogen and oxygen atoms in total. The highest BCUT2D eigenvalue weighted by Gasteiger charge is 2.29. The third-order valence-corrected chi connectivity index (χ3v) is 5.95. The second kappa shape index (κ2) is 8.85. The predicted molar refractivity (Wildman–Crippen MR) is 111 cm³/mol. The Hall–Kier alpha value is -2.90. The number of carbonyl (C=O) groups excluding carboxylic acids is 2. The number of likely N-dealkylation sites (tertiary alicyclic amines) is 2. The van der Waals surface area contributed by atoms with Gasteiger partial charge in [-0.05, 0) is 46.0 Å². The number of carbonyl (C=O) groups is 2. The van der Waals surface area contributed by atoms with E-state index in [0.717, 1.165) is 44.5 Å². The van der Waals surface area contributed by atoms with Gasteiger partial charge in [0.15, 0.2) is 0 Å². The number of hydrogen-bond acceptors (Lipinski definition) is 6. The van der Waals surface area contributed by atoms with Crippen molar-refractivity contribution in [1.82, 2.24) is 29.7 Å². The Kier molecular flexibility index (Phi) is 6.01. The number of aromatic nitrogens is 4. The topological polar surface area (TPSA) is 92.2 Å². The van der Waals surface area contributed by atoms with E-state index in [0.29, 0.717) is 35.9 Å². The van der Waals surface area contributed by atoms with Gasteiger partial charge >= 0.3 is 0 Å². The van der Waals surface area contributed by atoms with Crippen molar-refractivity contribution in [2.24, 2.45) is 0 Å². The highest BCUT2D eigenvalue weighted by atomic mass is 16.2. The summed E-state index contributed by atoms with van der Waals surface area (Å²) < 4.78 is 0. The minimum atomic E-state index is -0.110. The standard InChI is InChI=1S/C22H28N6O2/c1-15-11-24-19(13-23-15)22(30)28-10-6-7-17(14-28)20-25-12-18(16(2)26-20)21(29)27-8-4-3-5-9-27/h11-13,17H,3-10,14H2,1-2H3/t17-/m0/s1. The van der Waals surface area contributed by atoms with Gasteiger partial charge in [-0.15, -0.1) is 0 Å². The molecule has 158 valence electrons. The lowest BCUT2D eigenvalue weighted by atomic mass is 9.96. The van der Waals surface area contributed by atoms with E-state index in [2.05, 4.69) is 19.9 Å². The van der Waals surface area contributed by atoms with E-state index in [-0.39, 0.29) is 17.7 Å². The number of nitrogens with zero attached hydrogens (tertiary/aromatic N) is 6. The van der Waals surface area contributed by atoms with Crippen LogP contribution in [0.1, 0.15) is 76.1 Å². The third-order valence-electron chi connectivity index (χ3n) is 5.95. The summed E-state index contributed by atoms with van der Waals surface area (Å²) >= 11 is 0. The molecule has 2 fully saturated rings. The molecule has 4 heterocycles. The van der Waals surface area contributed by atoms with Crippen molar-refractivity contribution in [3.05, 3.63) is 47.1 Å². The minimum Gasteiger partial charge on any atom is -0.339 e. The molecule has 0 spiro atoms. The van der Waals surface area contributed by atoms with E-state index in [1.54, 1.807) is 17.3 Å². The normalized spacial score (nSPS) is 19.6. The average molecular weight is 409 g/mol. The first-order chi connectivity index (χ1) is 14.5. The maximum absolute atomic E-state index is 12.8. The largest absolute Gasteiger partial charge is 0.339 e. The lowest BCUT2D eigenvalue weighted by molar-refractivity contribution is 0.0697. The average Bonchev–Trinajstić information content (AvgIpc) is 2.79. The van der Waals surface area contributed by atoms with Crippen LogP contribution in [0, 0.1) is 13.8 Å². The fraction of sp³-hybridized carbons (Fsp3) is 0.545. The SMILES string of the molecule is Cc1cnc(C(=O)N2CCC[C@H](c3ncc(C(=O)N4CCCCC4)c(C)n3)C2)cn1. The molecule has 4 rings (SSSR count). The number of aryl methyl sites for hydroxylation is 2. The van der Waals surface area contributed by atoms with Crippen molar-refractivity contribution < 1.29 is 9.59 Å². The lowest BCUT2D eigenvalue weighted by Gasteiger charge is -2.32. The van der Waals surface area contributed by atoms with Crippen LogP contribution in [0.2, 0.25) is 0 Å². The molecule has 1 atom stereocenters. The van der Waals surface area contributed by atoms with Crippen molar-refractivity contribution in [2.45, 2.75) is 51.9 Å². The molecule has 2 amide bonds. The van der Waals surface area contributed by atoms with Crippen LogP contribution in [0.3, 0.4) is 0 Å². The second-order valence-corrected chi connectivity index (χ2v) is 8.21. The zero-order valence-electron chi connectivity index (χ0n) is 17.7. The first-order valence-electron chi connectivity index (χ1n) is 10.7. The van der Waals surface area contributed by atoms with E-state index in [1.165, 1.54) is 12.6 Å². The van der Waals surface area contributed by atoms with Gasteiger partial charge in [-0.3, -0.25) is 14.6 Å². The molecule has 2 aliphatic rings. The van der Waals surface area contributed by atoms with Crippen molar-refractivity contribution in [3.63, 3.8) is 0 Å². The van der Waals surface area contributed by atoms with Gasteiger partial charge in [0.05, 0.1) is 23.1 Å². The third kappa shape index (κ3) is 4.32. The molecular formula is C22H28N6O2. The number of rotatable bonds is 3. The molecule has 30 heavy (non-hydrogen) atoms. The molecule has 0 radical (unpaired) electrons. The Labute approximate surface area is 176 Å². The zero-order valence-corrected chi connectivity index (χ0v) is 17.7. The summed E-state index contributed by atoms with van der Waals surface area (Å²) in [4.78, 5) is 46.9. The van der Waals surface area contributed by atoms with Crippen molar-refractivity contribution in [1.29, 1.82) is 0 Å². The van der Waals surface area contributed by atoms with Gasteiger partial charge in [0.25, 0.3) is 11.8 Å². The molecule has 2 aromatic rings. The quantitative estimate of drug-likeness (QED) is 0.775. The summed E-state index contributed by atoms with van der Waals surface area (Å²) in [6, 6.07) is 0.